The number of ether oxygens (including phenoxy) is 2. The Morgan fingerprint density at radius 3 is 2.75 bits per heavy atom. The zero-order chi connectivity index (χ0) is 19.3. The highest BCUT2D eigenvalue weighted by Crippen LogP contribution is 2.40. The molecular weight excluding hydrogens is 350 g/mol. The quantitative estimate of drug-likeness (QED) is 0.662. The van der Waals surface area contributed by atoms with Crippen LogP contribution in [0.5, 0.6) is 11.5 Å². The van der Waals surface area contributed by atoms with E-state index >= 15 is 0 Å². The Labute approximate surface area is 166 Å². The Morgan fingerprint density at radius 2 is 1.96 bits per heavy atom. The highest BCUT2D eigenvalue weighted by molar-refractivity contribution is 5.74. The fourth-order valence-corrected chi connectivity index (χ4v) is 3.77. The maximum atomic E-state index is 6.05. The molecule has 1 aromatic heterocycles. The molecule has 5 nitrogen and oxygen atoms in total. The van der Waals surface area contributed by atoms with Crippen molar-refractivity contribution >= 4 is 0 Å². The number of aromatic amines is 1. The van der Waals surface area contributed by atoms with E-state index in [1.807, 2.05) is 12.1 Å². The van der Waals surface area contributed by atoms with Crippen molar-refractivity contribution in [2.75, 3.05) is 20.3 Å². The average molecular weight is 377 g/mol. The molecule has 2 aromatic carbocycles. The zero-order valence-corrected chi connectivity index (χ0v) is 16.6. The summed E-state index contributed by atoms with van der Waals surface area (Å²) in [6.45, 7) is 5.61. The number of H-pyrrole nitrogens is 1. The Bertz CT molecular complexity index is 921. The van der Waals surface area contributed by atoms with Gasteiger partial charge < -0.3 is 9.47 Å². The van der Waals surface area contributed by atoms with Crippen molar-refractivity contribution in [1.29, 1.82) is 0 Å². The van der Waals surface area contributed by atoms with Crippen molar-refractivity contribution in [3.05, 3.63) is 65.4 Å². The van der Waals surface area contributed by atoms with Gasteiger partial charge in [-0.15, -0.1) is 0 Å². The smallest absolute Gasteiger partial charge is 0.170 e. The summed E-state index contributed by atoms with van der Waals surface area (Å²) in [7, 11) is 1.68. The second-order valence-corrected chi connectivity index (χ2v) is 7.16. The van der Waals surface area contributed by atoms with Crippen LogP contribution in [0.4, 0.5) is 0 Å². The van der Waals surface area contributed by atoms with Crippen molar-refractivity contribution in [2.24, 2.45) is 0 Å². The standard InChI is InChI=1S/C23H27N3O2/c1-3-14-28-23-18(10-7-11-21(23)27-2)22-19-16-26(13-12-20(19)24-25-22)15-17-8-5-4-6-9-17/h4-11H,3,12-16H2,1-2H3,(H,24,25). The molecule has 5 heteroatoms. The van der Waals surface area contributed by atoms with E-state index in [0.29, 0.717) is 6.61 Å². The molecule has 146 valence electrons. The fraction of sp³-hybridized carbons (Fsp3) is 0.348. The number of methoxy groups -OCH3 is 1. The maximum absolute atomic E-state index is 6.05. The lowest BCUT2D eigenvalue weighted by atomic mass is 9.99. The first-order chi connectivity index (χ1) is 13.8. The third-order valence-electron chi connectivity index (χ3n) is 5.17. The van der Waals surface area contributed by atoms with Crippen LogP contribution in [0.25, 0.3) is 11.3 Å². The minimum absolute atomic E-state index is 0.653. The lowest BCUT2D eigenvalue weighted by Gasteiger charge is -2.27. The molecule has 0 radical (unpaired) electrons. The predicted octanol–water partition coefficient (Wildman–Crippen LogP) is 4.43. The first kappa shape index (κ1) is 18.6. The van der Waals surface area contributed by atoms with Crippen LogP contribution < -0.4 is 9.47 Å². The van der Waals surface area contributed by atoms with Crippen LogP contribution in [0.15, 0.2) is 48.5 Å². The van der Waals surface area contributed by atoms with E-state index in [9.17, 15) is 0 Å². The summed E-state index contributed by atoms with van der Waals surface area (Å²) in [6.07, 6.45) is 1.92. The summed E-state index contributed by atoms with van der Waals surface area (Å²) in [5.74, 6) is 1.53. The van der Waals surface area contributed by atoms with E-state index in [1.54, 1.807) is 7.11 Å². The van der Waals surface area contributed by atoms with Crippen LogP contribution in [0.1, 0.15) is 30.2 Å². The van der Waals surface area contributed by atoms with Gasteiger partial charge in [-0.2, -0.15) is 5.10 Å². The number of nitrogens with zero attached hydrogens (tertiary/aromatic N) is 2. The van der Waals surface area contributed by atoms with Gasteiger partial charge in [0.15, 0.2) is 11.5 Å². The molecule has 0 aliphatic carbocycles. The van der Waals surface area contributed by atoms with Crippen LogP contribution in [-0.2, 0) is 19.5 Å². The molecule has 1 aliphatic heterocycles. The summed E-state index contributed by atoms with van der Waals surface area (Å²) >= 11 is 0. The number of para-hydroxylation sites is 1. The lowest BCUT2D eigenvalue weighted by Crippen LogP contribution is -2.30. The molecule has 0 amide bonds. The van der Waals surface area contributed by atoms with Crippen molar-refractivity contribution in [3.63, 3.8) is 0 Å². The summed E-state index contributed by atoms with van der Waals surface area (Å²) in [5.41, 5.74) is 5.79. The molecule has 0 unspecified atom stereocenters. The van der Waals surface area contributed by atoms with Crippen molar-refractivity contribution in [3.8, 4) is 22.8 Å². The van der Waals surface area contributed by atoms with Crippen LogP contribution in [0, 0.1) is 0 Å². The van der Waals surface area contributed by atoms with E-state index in [2.05, 4.69) is 58.4 Å². The van der Waals surface area contributed by atoms with Crippen LogP contribution in [-0.4, -0.2) is 35.4 Å². The second-order valence-electron chi connectivity index (χ2n) is 7.16. The van der Waals surface area contributed by atoms with Gasteiger partial charge in [0.1, 0.15) is 5.69 Å². The lowest BCUT2D eigenvalue weighted by molar-refractivity contribution is 0.245. The minimum Gasteiger partial charge on any atom is -0.493 e. The summed E-state index contributed by atoms with van der Waals surface area (Å²) < 4.78 is 11.6. The van der Waals surface area contributed by atoms with Gasteiger partial charge in [-0.3, -0.25) is 10.00 Å². The topological polar surface area (TPSA) is 50.4 Å². The number of hydrogen-bond donors (Lipinski definition) is 1. The molecule has 2 heterocycles. The van der Waals surface area contributed by atoms with E-state index < -0.39 is 0 Å². The zero-order valence-electron chi connectivity index (χ0n) is 16.6. The van der Waals surface area contributed by atoms with E-state index in [4.69, 9.17) is 9.47 Å². The molecule has 3 aromatic rings. The van der Waals surface area contributed by atoms with E-state index in [0.717, 1.165) is 55.2 Å². The van der Waals surface area contributed by atoms with Crippen LogP contribution in [0.3, 0.4) is 0 Å². The highest BCUT2D eigenvalue weighted by atomic mass is 16.5. The summed E-state index contributed by atoms with van der Waals surface area (Å²) in [4.78, 5) is 2.48. The van der Waals surface area contributed by atoms with Gasteiger partial charge in [0.05, 0.1) is 13.7 Å². The van der Waals surface area contributed by atoms with E-state index in [-0.39, 0.29) is 0 Å². The van der Waals surface area contributed by atoms with Gasteiger partial charge in [-0.25, -0.2) is 0 Å². The van der Waals surface area contributed by atoms with Gasteiger partial charge in [0, 0.05) is 42.9 Å². The average Bonchev–Trinajstić information content (AvgIpc) is 3.15. The Hall–Kier alpha value is -2.79. The molecule has 0 spiro atoms. The second kappa shape index (κ2) is 8.48. The Kier molecular flexibility index (Phi) is 5.63. The normalized spacial score (nSPS) is 13.9. The monoisotopic (exact) mass is 377 g/mol. The van der Waals surface area contributed by atoms with E-state index in [1.165, 1.54) is 16.8 Å². The van der Waals surface area contributed by atoms with Gasteiger partial charge in [0.2, 0.25) is 0 Å². The molecule has 4 rings (SSSR count). The summed E-state index contributed by atoms with van der Waals surface area (Å²) in [6, 6.07) is 16.6. The molecule has 1 N–H and O–H groups in total. The number of aromatic nitrogens is 2. The number of hydrogen-bond acceptors (Lipinski definition) is 4. The van der Waals surface area contributed by atoms with Gasteiger partial charge >= 0.3 is 0 Å². The molecule has 0 saturated carbocycles. The number of nitrogens with one attached hydrogen (secondary N) is 1. The van der Waals surface area contributed by atoms with Crippen molar-refractivity contribution < 1.29 is 9.47 Å². The van der Waals surface area contributed by atoms with Crippen LogP contribution in [0.2, 0.25) is 0 Å². The van der Waals surface area contributed by atoms with Crippen LogP contribution >= 0.6 is 0 Å². The first-order valence-electron chi connectivity index (χ1n) is 9.92. The molecule has 0 bridgehead atoms. The molecule has 0 atom stereocenters. The SMILES string of the molecule is CCCOc1c(OC)cccc1-c1n[nH]c2c1CN(Cc1ccccc1)CC2. The van der Waals surface area contributed by atoms with Gasteiger partial charge in [0.25, 0.3) is 0 Å². The summed E-state index contributed by atoms with van der Waals surface area (Å²) in [5, 5.41) is 7.92. The number of benzene rings is 2. The molecular formula is C23H27N3O2. The Balaban J connectivity index is 1.64. The largest absolute Gasteiger partial charge is 0.493 e. The Morgan fingerprint density at radius 1 is 1.11 bits per heavy atom. The first-order valence-corrected chi connectivity index (χ1v) is 9.92. The molecule has 1 aliphatic rings. The third-order valence-corrected chi connectivity index (χ3v) is 5.17. The third kappa shape index (κ3) is 3.76. The van der Waals surface area contributed by atoms with Gasteiger partial charge in [-0.1, -0.05) is 43.3 Å². The minimum atomic E-state index is 0.653. The fourth-order valence-electron chi connectivity index (χ4n) is 3.77. The highest BCUT2D eigenvalue weighted by Gasteiger charge is 2.25. The predicted molar refractivity (Wildman–Crippen MR) is 111 cm³/mol. The maximum Gasteiger partial charge on any atom is 0.170 e. The molecule has 28 heavy (non-hydrogen) atoms. The van der Waals surface area contributed by atoms with Gasteiger partial charge in [-0.05, 0) is 24.1 Å². The van der Waals surface area contributed by atoms with Crippen molar-refractivity contribution in [2.45, 2.75) is 32.9 Å². The number of rotatable bonds is 7. The number of fused-ring (bicyclic) bond motifs is 1. The molecule has 0 fully saturated rings. The molecule has 0 saturated heterocycles. The van der Waals surface area contributed by atoms with Crippen molar-refractivity contribution in [1.82, 2.24) is 15.1 Å².